The zero-order chi connectivity index (χ0) is 25.1. The first-order valence-corrected chi connectivity index (χ1v) is 12.9. The van der Waals surface area contributed by atoms with Crippen molar-refractivity contribution in [2.24, 2.45) is 0 Å². The van der Waals surface area contributed by atoms with E-state index in [2.05, 4.69) is 10.6 Å². The molecule has 8 nitrogen and oxygen atoms in total. The van der Waals surface area contributed by atoms with Gasteiger partial charge in [0.25, 0.3) is 17.7 Å². The monoisotopic (exact) mass is 488 g/mol. The van der Waals surface area contributed by atoms with Crippen LogP contribution in [0.5, 0.6) is 0 Å². The molecule has 2 aromatic carbocycles. The summed E-state index contributed by atoms with van der Waals surface area (Å²) < 4.78 is 0. The van der Waals surface area contributed by atoms with Gasteiger partial charge in [-0.05, 0) is 55.5 Å². The van der Waals surface area contributed by atoms with Crippen LogP contribution in [0.1, 0.15) is 81.6 Å². The molecule has 2 N–H and O–H groups in total. The number of hydrogen-bond donors (Lipinski definition) is 2. The van der Waals surface area contributed by atoms with Gasteiger partial charge in [-0.2, -0.15) is 0 Å². The molecule has 2 aliphatic heterocycles. The van der Waals surface area contributed by atoms with Crippen LogP contribution in [0.25, 0.3) is 0 Å². The molecule has 1 aliphatic carbocycles. The molecule has 0 unspecified atom stereocenters. The van der Waals surface area contributed by atoms with Crippen LogP contribution in [0, 0.1) is 0 Å². The van der Waals surface area contributed by atoms with Crippen LogP contribution in [0.2, 0.25) is 0 Å². The number of imide groups is 1. The topological polar surface area (TPSA) is 98.8 Å². The maximum Gasteiger partial charge on any atom is 0.317 e. The molecule has 3 aliphatic rings. The second kappa shape index (κ2) is 10.5. The van der Waals surface area contributed by atoms with E-state index in [0.29, 0.717) is 35.8 Å². The van der Waals surface area contributed by atoms with Crippen LogP contribution in [0.3, 0.4) is 0 Å². The Morgan fingerprint density at radius 3 is 1.94 bits per heavy atom. The summed E-state index contributed by atoms with van der Waals surface area (Å²) in [6, 6.07) is 14.1. The lowest BCUT2D eigenvalue weighted by atomic mass is 9.95. The number of amides is 5. The van der Waals surface area contributed by atoms with Crippen LogP contribution in [0.4, 0.5) is 4.79 Å². The lowest BCUT2D eigenvalue weighted by Gasteiger charge is -2.34. The van der Waals surface area contributed by atoms with E-state index in [1.807, 2.05) is 4.90 Å². The Labute approximate surface area is 211 Å². The Balaban J connectivity index is 1.10. The van der Waals surface area contributed by atoms with E-state index in [4.69, 9.17) is 0 Å². The van der Waals surface area contributed by atoms with Crippen molar-refractivity contribution in [1.29, 1.82) is 0 Å². The molecular weight excluding hydrogens is 456 g/mol. The first kappa shape index (κ1) is 24.0. The highest BCUT2D eigenvalue weighted by molar-refractivity contribution is 6.21. The Hall–Kier alpha value is -3.68. The van der Waals surface area contributed by atoms with Crippen molar-refractivity contribution in [1.82, 2.24) is 20.4 Å². The molecule has 0 radical (unpaired) electrons. The van der Waals surface area contributed by atoms with Crippen molar-refractivity contribution < 1.29 is 19.2 Å². The molecule has 2 heterocycles. The van der Waals surface area contributed by atoms with Gasteiger partial charge in [0.15, 0.2) is 0 Å². The molecule has 8 heteroatoms. The number of hydrogen-bond acceptors (Lipinski definition) is 4. The average molecular weight is 489 g/mol. The van der Waals surface area contributed by atoms with Crippen LogP contribution in [-0.2, 0) is 6.54 Å². The van der Waals surface area contributed by atoms with Crippen LogP contribution < -0.4 is 10.6 Å². The van der Waals surface area contributed by atoms with Crippen LogP contribution in [-0.4, -0.2) is 58.7 Å². The lowest BCUT2D eigenvalue weighted by molar-refractivity contribution is 0.0641. The summed E-state index contributed by atoms with van der Waals surface area (Å²) in [6.07, 6.45) is 7.20. The molecule has 2 aromatic rings. The highest BCUT2D eigenvalue weighted by Gasteiger charge is 2.35. The van der Waals surface area contributed by atoms with Crippen LogP contribution >= 0.6 is 0 Å². The third kappa shape index (κ3) is 5.12. The Morgan fingerprint density at radius 2 is 1.33 bits per heavy atom. The van der Waals surface area contributed by atoms with E-state index >= 15 is 0 Å². The third-order valence-corrected chi connectivity index (χ3v) is 7.49. The van der Waals surface area contributed by atoms with E-state index in [0.717, 1.165) is 31.2 Å². The van der Waals surface area contributed by atoms with E-state index < -0.39 is 0 Å². The van der Waals surface area contributed by atoms with Gasteiger partial charge in [-0.15, -0.1) is 0 Å². The maximum atomic E-state index is 12.8. The van der Waals surface area contributed by atoms with Gasteiger partial charge < -0.3 is 15.5 Å². The molecule has 1 saturated heterocycles. The quantitative estimate of drug-likeness (QED) is 0.627. The van der Waals surface area contributed by atoms with Crippen molar-refractivity contribution in [2.75, 3.05) is 13.1 Å². The molecule has 36 heavy (non-hydrogen) atoms. The summed E-state index contributed by atoms with van der Waals surface area (Å²) in [5, 5.41) is 6.24. The predicted octanol–water partition coefficient (Wildman–Crippen LogP) is 3.72. The van der Waals surface area contributed by atoms with E-state index in [1.165, 1.54) is 24.2 Å². The number of fused-ring (bicyclic) bond motifs is 1. The smallest absolute Gasteiger partial charge is 0.317 e. The minimum atomic E-state index is -0.295. The number of benzene rings is 2. The summed E-state index contributed by atoms with van der Waals surface area (Å²) in [5.74, 6) is -0.750. The van der Waals surface area contributed by atoms with Gasteiger partial charge >= 0.3 is 6.03 Å². The van der Waals surface area contributed by atoms with Crippen molar-refractivity contribution in [3.8, 4) is 0 Å². The Bertz CT molecular complexity index is 1110. The van der Waals surface area contributed by atoms with Gasteiger partial charge in [0, 0.05) is 30.7 Å². The highest BCUT2D eigenvalue weighted by atomic mass is 16.2. The summed E-state index contributed by atoms with van der Waals surface area (Å²) in [5.41, 5.74) is 2.16. The minimum Gasteiger partial charge on any atom is -0.349 e. The molecule has 5 rings (SSSR count). The zero-order valence-electron chi connectivity index (χ0n) is 20.4. The highest BCUT2D eigenvalue weighted by Crippen LogP contribution is 2.24. The Kier molecular flexibility index (Phi) is 7.02. The first-order chi connectivity index (χ1) is 17.5. The molecule has 0 spiro atoms. The number of likely N-dealkylation sites (tertiary alicyclic amines) is 1. The molecule has 0 aromatic heterocycles. The van der Waals surface area contributed by atoms with Crippen molar-refractivity contribution in [3.63, 3.8) is 0 Å². The number of piperidine rings is 1. The maximum absolute atomic E-state index is 12.8. The largest absolute Gasteiger partial charge is 0.349 e. The molecule has 5 amide bonds. The fraction of sp³-hybridized carbons (Fsp3) is 0.429. The number of carbonyl (C=O) groups is 4. The Morgan fingerprint density at radius 1 is 0.750 bits per heavy atom. The van der Waals surface area contributed by atoms with Crippen molar-refractivity contribution in [3.05, 3.63) is 70.8 Å². The summed E-state index contributed by atoms with van der Waals surface area (Å²) >= 11 is 0. The molecule has 0 bridgehead atoms. The summed E-state index contributed by atoms with van der Waals surface area (Å²) in [7, 11) is 0. The van der Waals surface area contributed by atoms with Crippen molar-refractivity contribution >= 4 is 23.8 Å². The number of carbonyl (C=O) groups excluding carboxylic acids is 4. The summed E-state index contributed by atoms with van der Waals surface area (Å²) in [6.45, 7) is 1.42. The zero-order valence-corrected chi connectivity index (χ0v) is 20.4. The second-order valence-electron chi connectivity index (χ2n) is 9.96. The molecule has 188 valence electrons. The standard InChI is InChI=1S/C28H32N4O4/c33-25(29-22-14-16-31(17-15-22)28(36)30-21-6-2-1-3-7-21)20-12-10-19(11-13-20)18-32-26(34)23-8-4-5-9-24(23)27(32)35/h4-5,8-13,21-22H,1-3,6-7,14-18H2,(H,29,33)(H,30,36). The van der Waals surface area contributed by atoms with E-state index in [9.17, 15) is 19.2 Å². The van der Waals surface area contributed by atoms with Gasteiger partial charge in [0.05, 0.1) is 17.7 Å². The number of urea groups is 1. The van der Waals surface area contributed by atoms with Gasteiger partial charge in [-0.25, -0.2) is 4.79 Å². The average Bonchev–Trinajstić information content (AvgIpc) is 3.15. The predicted molar refractivity (Wildman–Crippen MR) is 135 cm³/mol. The normalized spacial score (nSPS) is 18.8. The molecule has 0 atom stereocenters. The lowest BCUT2D eigenvalue weighted by Crippen LogP contribution is -2.51. The molecule has 2 fully saturated rings. The summed E-state index contributed by atoms with van der Waals surface area (Å²) in [4.78, 5) is 53.6. The third-order valence-electron chi connectivity index (χ3n) is 7.49. The number of nitrogens with zero attached hydrogens (tertiary/aromatic N) is 2. The van der Waals surface area contributed by atoms with E-state index in [1.54, 1.807) is 48.5 Å². The van der Waals surface area contributed by atoms with E-state index in [-0.39, 0.29) is 36.3 Å². The number of nitrogens with one attached hydrogen (secondary N) is 2. The fourth-order valence-corrected chi connectivity index (χ4v) is 5.34. The van der Waals surface area contributed by atoms with Crippen LogP contribution in [0.15, 0.2) is 48.5 Å². The minimum absolute atomic E-state index is 0.0142. The second-order valence-corrected chi connectivity index (χ2v) is 9.96. The van der Waals surface area contributed by atoms with Gasteiger partial charge in [-0.1, -0.05) is 43.5 Å². The van der Waals surface area contributed by atoms with Crippen molar-refractivity contribution in [2.45, 2.75) is 63.6 Å². The molecule has 1 saturated carbocycles. The van der Waals surface area contributed by atoms with Gasteiger partial charge in [0.1, 0.15) is 0 Å². The molecular formula is C28H32N4O4. The first-order valence-electron chi connectivity index (χ1n) is 12.9. The van der Waals surface area contributed by atoms with Gasteiger partial charge in [-0.3, -0.25) is 19.3 Å². The fourth-order valence-electron chi connectivity index (χ4n) is 5.34. The SMILES string of the molecule is O=C(NC1CCN(C(=O)NC2CCCCC2)CC1)c1ccc(CN2C(=O)c3ccccc3C2=O)cc1. The number of rotatable bonds is 5. The van der Waals surface area contributed by atoms with Gasteiger partial charge in [0.2, 0.25) is 0 Å².